The molecule has 3 heteroatoms. The van der Waals surface area contributed by atoms with Gasteiger partial charge in [0, 0.05) is 11.6 Å². The second-order valence-electron chi connectivity index (χ2n) is 6.78. The zero-order valence-corrected chi connectivity index (χ0v) is 15.1. The molecule has 2 aromatic carbocycles. The van der Waals surface area contributed by atoms with Crippen LogP contribution in [0.2, 0.25) is 0 Å². The first-order valence-electron chi connectivity index (χ1n) is 8.37. The standard InChI is InChI=1S/C22H23NO2/c1-16-15-22(2,3)23(20-12-11-18(25-4)14-19(16)20)21(24)13-10-17-8-6-5-7-9-17/h5-15H,1-4H3/b13-10-. The molecule has 0 spiro atoms. The van der Waals surface area contributed by atoms with Gasteiger partial charge in [-0.3, -0.25) is 9.69 Å². The van der Waals surface area contributed by atoms with E-state index in [-0.39, 0.29) is 5.91 Å². The Labute approximate surface area is 149 Å². The van der Waals surface area contributed by atoms with E-state index >= 15 is 0 Å². The second kappa shape index (κ2) is 6.60. The summed E-state index contributed by atoms with van der Waals surface area (Å²) in [5.74, 6) is 0.752. The highest BCUT2D eigenvalue weighted by Crippen LogP contribution is 2.40. The van der Waals surface area contributed by atoms with E-state index in [4.69, 9.17) is 4.74 Å². The Balaban J connectivity index is 2.00. The minimum absolute atomic E-state index is 0.0379. The first-order chi connectivity index (χ1) is 11.9. The van der Waals surface area contributed by atoms with Crippen molar-refractivity contribution < 1.29 is 9.53 Å². The lowest BCUT2D eigenvalue weighted by Gasteiger charge is -2.41. The Kier molecular flexibility index (Phi) is 4.49. The molecule has 0 aliphatic carbocycles. The lowest BCUT2D eigenvalue weighted by molar-refractivity contribution is -0.114. The average molecular weight is 333 g/mol. The number of carbonyl (C=O) groups excluding carboxylic acids is 1. The van der Waals surface area contributed by atoms with Gasteiger partial charge in [0.2, 0.25) is 0 Å². The Bertz CT molecular complexity index is 848. The molecule has 0 aromatic heterocycles. The summed E-state index contributed by atoms with van der Waals surface area (Å²) in [4.78, 5) is 14.8. The van der Waals surface area contributed by atoms with Crippen LogP contribution in [0.15, 0.2) is 60.7 Å². The van der Waals surface area contributed by atoms with Crippen LogP contribution in [0.5, 0.6) is 5.75 Å². The smallest absolute Gasteiger partial charge is 0.251 e. The van der Waals surface area contributed by atoms with Crippen LogP contribution >= 0.6 is 0 Å². The summed E-state index contributed by atoms with van der Waals surface area (Å²) in [5.41, 5.74) is 3.69. The minimum Gasteiger partial charge on any atom is -0.497 e. The topological polar surface area (TPSA) is 29.5 Å². The molecule has 25 heavy (non-hydrogen) atoms. The van der Waals surface area contributed by atoms with Crippen LogP contribution in [0.3, 0.4) is 0 Å². The SMILES string of the molecule is COc1ccc2c(c1)C(C)=CC(C)(C)N2C(=O)/C=C\c1ccccc1. The van der Waals surface area contributed by atoms with Gasteiger partial charge in [0.1, 0.15) is 5.75 Å². The van der Waals surface area contributed by atoms with Crippen LogP contribution in [0.1, 0.15) is 31.9 Å². The highest BCUT2D eigenvalue weighted by molar-refractivity contribution is 6.08. The number of methoxy groups -OCH3 is 1. The van der Waals surface area contributed by atoms with Crippen LogP contribution in [-0.2, 0) is 4.79 Å². The number of ether oxygens (including phenoxy) is 1. The Morgan fingerprint density at radius 3 is 2.52 bits per heavy atom. The third kappa shape index (κ3) is 3.36. The van der Waals surface area contributed by atoms with Gasteiger partial charge in [-0.1, -0.05) is 36.4 Å². The molecule has 3 rings (SSSR count). The van der Waals surface area contributed by atoms with Gasteiger partial charge >= 0.3 is 0 Å². The molecular weight excluding hydrogens is 310 g/mol. The summed E-state index contributed by atoms with van der Waals surface area (Å²) < 4.78 is 5.34. The zero-order valence-electron chi connectivity index (χ0n) is 15.1. The number of benzene rings is 2. The highest BCUT2D eigenvalue weighted by Gasteiger charge is 2.34. The van der Waals surface area contributed by atoms with Crippen molar-refractivity contribution >= 4 is 23.2 Å². The lowest BCUT2D eigenvalue weighted by atomic mass is 9.88. The van der Waals surface area contributed by atoms with Crippen molar-refractivity contribution in [2.45, 2.75) is 26.3 Å². The van der Waals surface area contributed by atoms with E-state index in [1.54, 1.807) is 13.2 Å². The fourth-order valence-electron chi connectivity index (χ4n) is 3.34. The monoisotopic (exact) mass is 333 g/mol. The molecule has 0 unspecified atom stereocenters. The molecule has 0 radical (unpaired) electrons. The van der Waals surface area contributed by atoms with E-state index in [0.29, 0.717) is 0 Å². The summed E-state index contributed by atoms with van der Waals surface area (Å²) in [5, 5.41) is 0. The lowest BCUT2D eigenvalue weighted by Crippen LogP contribution is -2.48. The number of amides is 1. The molecule has 3 nitrogen and oxygen atoms in total. The molecule has 1 aliphatic heterocycles. The van der Waals surface area contributed by atoms with E-state index in [1.807, 2.05) is 59.5 Å². The van der Waals surface area contributed by atoms with Crippen molar-refractivity contribution in [1.82, 2.24) is 0 Å². The minimum atomic E-state index is -0.399. The Morgan fingerprint density at radius 1 is 1.12 bits per heavy atom. The molecular formula is C22H23NO2. The maximum atomic E-state index is 13.0. The van der Waals surface area contributed by atoms with E-state index in [9.17, 15) is 4.79 Å². The molecule has 2 aromatic rings. The normalized spacial score (nSPS) is 15.7. The number of allylic oxidation sites excluding steroid dienone is 1. The van der Waals surface area contributed by atoms with Crippen molar-refractivity contribution in [1.29, 1.82) is 0 Å². The molecule has 1 heterocycles. The van der Waals surface area contributed by atoms with Gasteiger partial charge in [0.25, 0.3) is 5.91 Å². The fourth-order valence-corrected chi connectivity index (χ4v) is 3.34. The van der Waals surface area contributed by atoms with Gasteiger partial charge < -0.3 is 4.74 Å². The molecule has 0 saturated heterocycles. The van der Waals surface area contributed by atoms with Crippen molar-refractivity contribution in [3.63, 3.8) is 0 Å². The number of hydrogen-bond acceptors (Lipinski definition) is 2. The highest BCUT2D eigenvalue weighted by atomic mass is 16.5. The molecule has 0 atom stereocenters. The first kappa shape index (κ1) is 17.0. The number of fused-ring (bicyclic) bond motifs is 1. The molecule has 1 amide bonds. The van der Waals surface area contributed by atoms with E-state index in [2.05, 4.69) is 26.8 Å². The van der Waals surface area contributed by atoms with Gasteiger partial charge in [-0.2, -0.15) is 0 Å². The van der Waals surface area contributed by atoms with E-state index in [0.717, 1.165) is 28.1 Å². The summed E-state index contributed by atoms with van der Waals surface area (Å²) in [6.45, 7) is 6.18. The van der Waals surface area contributed by atoms with Gasteiger partial charge in [-0.25, -0.2) is 0 Å². The van der Waals surface area contributed by atoms with Gasteiger partial charge in [-0.15, -0.1) is 0 Å². The number of anilines is 1. The average Bonchev–Trinajstić information content (AvgIpc) is 2.60. The maximum absolute atomic E-state index is 13.0. The second-order valence-corrected chi connectivity index (χ2v) is 6.78. The Hall–Kier alpha value is -2.81. The van der Waals surface area contributed by atoms with Crippen LogP contribution in [-0.4, -0.2) is 18.6 Å². The van der Waals surface area contributed by atoms with Crippen molar-refractivity contribution in [2.75, 3.05) is 12.0 Å². The van der Waals surface area contributed by atoms with E-state index < -0.39 is 5.54 Å². The number of hydrogen-bond donors (Lipinski definition) is 0. The number of carbonyl (C=O) groups is 1. The van der Waals surface area contributed by atoms with Crippen molar-refractivity contribution in [2.24, 2.45) is 0 Å². The van der Waals surface area contributed by atoms with Crippen molar-refractivity contribution in [3.8, 4) is 5.75 Å². The van der Waals surface area contributed by atoms with Crippen molar-refractivity contribution in [3.05, 3.63) is 71.8 Å². The maximum Gasteiger partial charge on any atom is 0.251 e. The molecule has 0 fully saturated rings. The molecule has 0 saturated carbocycles. The van der Waals surface area contributed by atoms with Gasteiger partial charge in [0.05, 0.1) is 18.3 Å². The third-order valence-corrected chi connectivity index (χ3v) is 4.45. The van der Waals surface area contributed by atoms with Crippen LogP contribution in [0.25, 0.3) is 11.6 Å². The molecule has 0 N–H and O–H groups in total. The number of rotatable bonds is 3. The van der Waals surface area contributed by atoms with Crippen LogP contribution < -0.4 is 9.64 Å². The summed E-state index contributed by atoms with van der Waals surface area (Å²) >= 11 is 0. The first-order valence-corrected chi connectivity index (χ1v) is 8.37. The van der Waals surface area contributed by atoms with Crippen LogP contribution in [0, 0.1) is 0 Å². The molecule has 0 bridgehead atoms. The summed E-state index contributed by atoms with van der Waals surface area (Å²) in [6, 6.07) is 15.7. The molecule has 1 aliphatic rings. The molecule has 128 valence electrons. The predicted octanol–water partition coefficient (Wildman–Crippen LogP) is 4.94. The Morgan fingerprint density at radius 2 is 1.84 bits per heavy atom. The fraction of sp³-hybridized carbons (Fsp3) is 0.227. The van der Waals surface area contributed by atoms with Gasteiger partial charge in [-0.05, 0) is 56.2 Å². The van der Waals surface area contributed by atoms with Gasteiger partial charge in [0.15, 0.2) is 0 Å². The number of nitrogens with zero attached hydrogens (tertiary/aromatic N) is 1. The zero-order chi connectivity index (χ0) is 18.0. The third-order valence-electron chi connectivity index (χ3n) is 4.45. The largest absolute Gasteiger partial charge is 0.497 e. The quantitative estimate of drug-likeness (QED) is 0.745. The predicted molar refractivity (Wildman–Crippen MR) is 104 cm³/mol. The van der Waals surface area contributed by atoms with Crippen LogP contribution in [0.4, 0.5) is 5.69 Å². The summed E-state index contributed by atoms with van der Waals surface area (Å²) in [7, 11) is 1.65. The summed E-state index contributed by atoms with van der Waals surface area (Å²) in [6.07, 6.45) is 5.62. The van der Waals surface area contributed by atoms with E-state index in [1.165, 1.54) is 0 Å².